The molecule has 3 rings (SSSR count). The van der Waals surface area contributed by atoms with Gasteiger partial charge in [0.2, 0.25) is 0 Å². The van der Waals surface area contributed by atoms with Crippen LogP contribution >= 0.6 is 23.2 Å². The summed E-state index contributed by atoms with van der Waals surface area (Å²) in [6.07, 6.45) is -4.53. The average molecular weight is 388 g/mol. The molecule has 0 amide bonds. The highest BCUT2D eigenvalue weighted by Gasteiger charge is 2.33. The van der Waals surface area contributed by atoms with Gasteiger partial charge in [-0.1, -0.05) is 23.2 Å². The Balaban J connectivity index is 1.85. The zero-order chi connectivity index (χ0) is 18.2. The van der Waals surface area contributed by atoms with Gasteiger partial charge in [0.05, 0.1) is 15.7 Å². The van der Waals surface area contributed by atoms with Crippen molar-refractivity contribution in [1.82, 2.24) is 10.2 Å². The van der Waals surface area contributed by atoms with E-state index in [-0.39, 0.29) is 17.0 Å². The van der Waals surface area contributed by atoms with Gasteiger partial charge in [-0.05, 0) is 36.4 Å². The predicted molar refractivity (Wildman–Crippen MR) is 90.4 cm³/mol. The summed E-state index contributed by atoms with van der Waals surface area (Å²) < 4.78 is 37.9. The van der Waals surface area contributed by atoms with E-state index in [0.717, 1.165) is 6.07 Å². The van der Waals surface area contributed by atoms with Crippen molar-refractivity contribution in [2.75, 3.05) is 5.32 Å². The minimum absolute atomic E-state index is 0.00841. The van der Waals surface area contributed by atoms with Crippen LogP contribution in [-0.2, 0) is 6.18 Å². The molecule has 2 aromatic carbocycles. The maximum absolute atomic E-state index is 12.6. The average Bonchev–Trinajstić information content (AvgIpc) is 3.01. The van der Waals surface area contributed by atoms with E-state index in [4.69, 9.17) is 23.2 Å². The molecule has 0 aliphatic carbocycles. The SMILES string of the molecule is Oc1cc(Nc2ccc(Cl)c(Cl)c2)ccc1-c1cc(C(F)(F)F)[nH]n1. The molecular formula is C16H10Cl2F3N3O. The van der Waals surface area contributed by atoms with Crippen molar-refractivity contribution in [2.24, 2.45) is 0 Å². The molecule has 0 fully saturated rings. The number of hydrogen-bond acceptors (Lipinski definition) is 3. The number of aromatic hydroxyl groups is 1. The molecule has 3 aromatic rings. The first-order valence-corrected chi connectivity index (χ1v) is 7.68. The minimum atomic E-state index is -4.53. The van der Waals surface area contributed by atoms with Crippen LogP contribution < -0.4 is 5.32 Å². The number of aromatic nitrogens is 2. The Morgan fingerprint density at radius 2 is 1.64 bits per heavy atom. The van der Waals surface area contributed by atoms with Gasteiger partial charge < -0.3 is 10.4 Å². The monoisotopic (exact) mass is 387 g/mol. The molecular weight excluding hydrogens is 378 g/mol. The largest absolute Gasteiger partial charge is 0.507 e. The molecule has 25 heavy (non-hydrogen) atoms. The zero-order valence-electron chi connectivity index (χ0n) is 12.3. The summed E-state index contributed by atoms with van der Waals surface area (Å²) in [7, 11) is 0. The van der Waals surface area contributed by atoms with Gasteiger partial charge in [-0.3, -0.25) is 5.10 Å². The van der Waals surface area contributed by atoms with Crippen molar-refractivity contribution >= 4 is 34.6 Å². The highest BCUT2D eigenvalue weighted by Crippen LogP contribution is 2.35. The Hall–Kier alpha value is -2.38. The third kappa shape index (κ3) is 3.83. The topological polar surface area (TPSA) is 60.9 Å². The van der Waals surface area contributed by atoms with E-state index < -0.39 is 11.9 Å². The summed E-state index contributed by atoms with van der Waals surface area (Å²) in [5.41, 5.74) is 0.337. The first kappa shape index (κ1) is 17.4. The van der Waals surface area contributed by atoms with E-state index in [1.54, 1.807) is 24.3 Å². The summed E-state index contributed by atoms with van der Waals surface area (Å²) >= 11 is 11.8. The van der Waals surface area contributed by atoms with Crippen LogP contribution in [0.15, 0.2) is 42.5 Å². The Morgan fingerprint density at radius 3 is 2.24 bits per heavy atom. The molecule has 0 aliphatic rings. The van der Waals surface area contributed by atoms with E-state index in [9.17, 15) is 18.3 Å². The lowest BCUT2D eigenvalue weighted by Gasteiger charge is -2.09. The van der Waals surface area contributed by atoms with E-state index in [1.807, 2.05) is 5.10 Å². The van der Waals surface area contributed by atoms with Crippen LogP contribution in [0.3, 0.4) is 0 Å². The smallest absolute Gasteiger partial charge is 0.432 e. The van der Waals surface area contributed by atoms with Crippen LogP contribution in [0.4, 0.5) is 24.5 Å². The molecule has 0 atom stereocenters. The second kappa shape index (κ2) is 6.50. The molecule has 0 saturated heterocycles. The summed E-state index contributed by atoms with van der Waals surface area (Å²) in [5, 5.41) is 19.4. The molecule has 0 aliphatic heterocycles. The number of H-pyrrole nitrogens is 1. The van der Waals surface area contributed by atoms with Gasteiger partial charge in [0.1, 0.15) is 11.4 Å². The number of phenols is 1. The molecule has 0 unspecified atom stereocenters. The van der Waals surface area contributed by atoms with E-state index >= 15 is 0 Å². The van der Waals surface area contributed by atoms with Gasteiger partial charge in [0.25, 0.3) is 0 Å². The van der Waals surface area contributed by atoms with Crippen molar-refractivity contribution in [1.29, 1.82) is 0 Å². The summed E-state index contributed by atoms with van der Waals surface area (Å²) in [6.45, 7) is 0. The first-order valence-electron chi connectivity index (χ1n) is 6.92. The Kier molecular flexibility index (Phi) is 4.53. The first-order chi connectivity index (χ1) is 11.7. The summed E-state index contributed by atoms with van der Waals surface area (Å²) in [4.78, 5) is 0. The third-order valence-corrected chi connectivity index (χ3v) is 4.10. The summed E-state index contributed by atoms with van der Waals surface area (Å²) in [5.74, 6) is -0.217. The van der Waals surface area contributed by atoms with E-state index in [2.05, 4.69) is 10.4 Å². The van der Waals surface area contributed by atoms with Crippen molar-refractivity contribution < 1.29 is 18.3 Å². The number of halogens is 5. The lowest BCUT2D eigenvalue weighted by atomic mass is 10.1. The Bertz CT molecular complexity index is 925. The van der Waals surface area contributed by atoms with Crippen molar-refractivity contribution in [2.45, 2.75) is 6.18 Å². The highest BCUT2D eigenvalue weighted by atomic mass is 35.5. The molecule has 130 valence electrons. The minimum Gasteiger partial charge on any atom is -0.507 e. The third-order valence-electron chi connectivity index (χ3n) is 3.37. The second-order valence-electron chi connectivity index (χ2n) is 5.15. The van der Waals surface area contributed by atoms with Gasteiger partial charge in [-0.15, -0.1) is 0 Å². The molecule has 3 N–H and O–H groups in total. The van der Waals surface area contributed by atoms with Gasteiger partial charge in [0.15, 0.2) is 0 Å². The molecule has 1 aromatic heterocycles. The second-order valence-corrected chi connectivity index (χ2v) is 5.96. The molecule has 0 bridgehead atoms. The van der Waals surface area contributed by atoms with Gasteiger partial charge in [-0.2, -0.15) is 18.3 Å². The quantitative estimate of drug-likeness (QED) is 0.527. The normalized spacial score (nSPS) is 11.6. The van der Waals surface area contributed by atoms with Crippen LogP contribution in [0.25, 0.3) is 11.3 Å². The van der Waals surface area contributed by atoms with Crippen molar-refractivity contribution in [3.8, 4) is 17.0 Å². The maximum atomic E-state index is 12.6. The molecule has 0 radical (unpaired) electrons. The fourth-order valence-corrected chi connectivity index (χ4v) is 2.47. The maximum Gasteiger partial charge on any atom is 0.432 e. The van der Waals surface area contributed by atoms with Gasteiger partial charge in [0, 0.05) is 23.0 Å². The predicted octanol–water partition coefficient (Wildman–Crippen LogP) is 5.85. The van der Waals surface area contributed by atoms with E-state index in [0.29, 0.717) is 21.4 Å². The summed E-state index contributed by atoms with van der Waals surface area (Å²) in [6, 6.07) is 10.2. The number of phenolic OH excluding ortho intramolecular Hbond substituents is 1. The number of nitrogens with one attached hydrogen (secondary N) is 2. The molecule has 0 saturated carbocycles. The van der Waals surface area contributed by atoms with Crippen molar-refractivity contribution in [3.05, 3.63) is 58.2 Å². The molecule has 0 spiro atoms. The fraction of sp³-hybridized carbons (Fsp3) is 0.0625. The van der Waals surface area contributed by atoms with Crippen molar-refractivity contribution in [3.63, 3.8) is 0 Å². The van der Waals surface area contributed by atoms with Crippen LogP contribution in [0.5, 0.6) is 5.75 Å². The number of benzene rings is 2. The molecule has 1 heterocycles. The Labute approximate surface area is 150 Å². The Morgan fingerprint density at radius 1 is 0.960 bits per heavy atom. The number of rotatable bonds is 3. The number of hydrogen-bond donors (Lipinski definition) is 3. The van der Waals surface area contributed by atoms with Crippen LogP contribution in [-0.4, -0.2) is 15.3 Å². The lowest BCUT2D eigenvalue weighted by Crippen LogP contribution is -2.04. The number of alkyl halides is 3. The zero-order valence-corrected chi connectivity index (χ0v) is 13.8. The molecule has 4 nitrogen and oxygen atoms in total. The number of nitrogens with zero attached hydrogens (tertiary/aromatic N) is 1. The number of anilines is 2. The van der Waals surface area contributed by atoms with Crippen LogP contribution in [0.2, 0.25) is 10.0 Å². The fourth-order valence-electron chi connectivity index (χ4n) is 2.17. The number of aromatic amines is 1. The molecule has 9 heteroatoms. The van der Waals surface area contributed by atoms with Gasteiger partial charge in [-0.25, -0.2) is 0 Å². The van der Waals surface area contributed by atoms with Crippen LogP contribution in [0.1, 0.15) is 5.69 Å². The van der Waals surface area contributed by atoms with Gasteiger partial charge >= 0.3 is 6.18 Å². The van der Waals surface area contributed by atoms with E-state index in [1.165, 1.54) is 12.1 Å². The highest BCUT2D eigenvalue weighted by molar-refractivity contribution is 6.42. The van der Waals surface area contributed by atoms with Crippen LogP contribution in [0, 0.1) is 0 Å². The standard InChI is InChI=1S/C16H10Cl2F3N3O/c17-11-4-2-8(5-12(11)18)22-9-1-3-10(14(25)6-9)13-7-15(24-23-13)16(19,20)21/h1-7,22,25H,(H,23,24). The lowest BCUT2D eigenvalue weighted by molar-refractivity contribution is -0.141.